The molecule has 0 amide bonds. The molecule has 0 radical (unpaired) electrons. The van der Waals surface area contributed by atoms with E-state index < -0.39 is 25.4 Å². The Kier molecular flexibility index (Phi) is 6.84. The number of hydrogen-bond donors (Lipinski definition) is 1. The van der Waals surface area contributed by atoms with Crippen LogP contribution in [-0.2, 0) is 15.1 Å². The molecule has 5 heteroatoms. The second-order valence-corrected chi connectivity index (χ2v) is 14.1. The Morgan fingerprint density at radius 1 is 1.27 bits per heavy atom. The van der Waals surface area contributed by atoms with Crippen LogP contribution in [0.15, 0.2) is 18.2 Å². The molecule has 0 saturated carbocycles. The molecule has 0 aliphatic carbocycles. The highest BCUT2D eigenvalue weighted by Gasteiger charge is 2.41. The maximum Gasteiger partial charge on any atom is 0.331 e. The highest BCUT2D eigenvalue weighted by atomic mass is 28.3. The number of benzene rings is 1. The first-order valence-electron chi connectivity index (χ1n) is 8.97. The fourth-order valence-corrected chi connectivity index (χ4v) is 3.11. The zero-order chi connectivity index (χ0) is 20.3. The summed E-state index contributed by atoms with van der Waals surface area (Å²) in [5.74, 6) is 1.92. The number of halogens is 1. The van der Waals surface area contributed by atoms with E-state index in [0.29, 0.717) is 17.5 Å². The van der Waals surface area contributed by atoms with Crippen LogP contribution in [0, 0.1) is 22.7 Å². The zero-order valence-corrected chi connectivity index (χ0v) is 18.3. The monoisotopic (exact) mass is 377 g/mol. The SMILES string of the molecule is CC(C)OC(=O)[C@@](N)(CC(C)(C)C)c1ccc(C#C[Si](C)(C)C)c(F)c1. The molecule has 0 spiro atoms. The van der Waals surface area contributed by atoms with Crippen molar-refractivity contribution in [2.24, 2.45) is 11.1 Å². The van der Waals surface area contributed by atoms with Gasteiger partial charge in [-0.15, -0.1) is 5.54 Å². The molecule has 1 aromatic carbocycles. The predicted molar refractivity (Wildman–Crippen MR) is 108 cm³/mol. The Balaban J connectivity index is 3.36. The third kappa shape index (κ3) is 6.58. The molecule has 1 rings (SSSR count). The maximum atomic E-state index is 14.6. The molecule has 0 aliphatic heterocycles. The zero-order valence-electron chi connectivity index (χ0n) is 17.3. The van der Waals surface area contributed by atoms with Crippen LogP contribution < -0.4 is 5.73 Å². The van der Waals surface area contributed by atoms with Gasteiger partial charge in [-0.3, -0.25) is 0 Å². The summed E-state index contributed by atoms with van der Waals surface area (Å²) >= 11 is 0. The molecule has 0 fully saturated rings. The number of hydrogen-bond acceptors (Lipinski definition) is 3. The minimum atomic E-state index is -1.61. The lowest BCUT2D eigenvalue weighted by atomic mass is 9.76. The molecule has 26 heavy (non-hydrogen) atoms. The van der Waals surface area contributed by atoms with Crippen molar-refractivity contribution in [3.05, 3.63) is 35.1 Å². The van der Waals surface area contributed by atoms with E-state index in [9.17, 15) is 9.18 Å². The standard InChI is InChI=1S/C21H32FNO2Si/c1-15(2)25-19(24)21(23,14-20(3,4)5)17-10-9-16(18(22)13-17)11-12-26(6,7)8/h9-10,13,15H,14,23H2,1-8H3/t21-/m1/s1. The fraction of sp³-hybridized carbons (Fsp3) is 0.571. The van der Waals surface area contributed by atoms with E-state index in [1.807, 2.05) is 20.8 Å². The van der Waals surface area contributed by atoms with Crippen LogP contribution in [0.4, 0.5) is 4.39 Å². The van der Waals surface area contributed by atoms with E-state index in [4.69, 9.17) is 10.5 Å². The summed E-state index contributed by atoms with van der Waals surface area (Å²) in [5, 5.41) is 0. The summed E-state index contributed by atoms with van der Waals surface area (Å²) in [6, 6.07) is 4.61. The number of esters is 1. The number of carbonyl (C=O) groups excluding carboxylic acids is 1. The normalized spacial score (nSPS) is 14.4. The van der Waals surface area contributed by atoms with Crippen molar-refractivity contribution in [2.75, 3.05) is 0 Å². The molecule has 3 nitrogen and oxygen atoms in total. The van der Waals surface area contributed by atoms with E-state index >= 15 is 0 Å². The molecule has 0 heterocycles. The first-order chi connectivity index (χ1) is 11.6. The number of ether oxygens (including phenoxy) is 1. The lowest BCUT2D eigenvalue weighted by molar-refractivity contribution is -0.156. The van der Waals surface area contributed by atoms with E-state index in [1.165, 1.54) is 6.07 Å². The van der Waals surface area contributed by atoms with Crippen molar-refractivity contribution >= 4 is 14.0 Å². The van der Waals surface area contributed by atoms with Crippen molar-refractivity contribution in [3.8, 4) is 11.5 Å². The van der Waals surface area contributed by atoms with Gasteiger partial charge in [0.15, 0.2) is 0 Å². The van der Waals surface area contributed by atoms with Gasteiger partial charge in [0, 0.05) is 0 Å². The second-order valence-electron chi connectivity index (χ2n) is 9.36. The van der Waals surface area contributed by atoms with Gasteiger partial charge in [0.05, 0.1) is 11.7 Å². The average molecular weight is 378 g/mol. The first-order valence-corrected chi connectivity index (χ1v) is 12.5. The van der Waals surface area contributed by atoms with Crippen molar-refractivity contribution in [1.29, 1.82) is 0 Å². The lowest BCUT2D eigenvalue weighted by Crippen LogP contribution is -2.49. The van der Waals surface area contributed by atoms with Gasteiger partial charge in [0.2, 0.25) is 0 Å². The summed E-state index contributed by atoms with van der Waals surface area (Å²) < 4.78 is 20.0. The van der Waals surface area contributed by atoms with E-state index in [2.05, 4.69) is 31.1 Å². The molecule has 0 bridgehead atoms. The summed E-state index contributed by atoms with van der Waals surface area (Å²) in [4.78, 5) is 12.7. The third-order valence-electron chi connectivity index (χ3n) is 3.57. The summed E-state index contributed by atoms with van der Waals surface area (Å²) in [7, 11) is -1.61. The van der Waals surface area contributed by atoms with E-state index in [0.717, 1.165) is 0 Å². The van der Waals surface area contributed by atoms with Crippen LogP contribution in [0.2, 0.25) is 19.6 Å². The van der Waals surface area contributed by atoms with E-state index in [1.54, 1.807) is 26.0 Å². The second kappa shape index (κ2) is 7.94. The number of carbonyl (C=O) groups is 1. The maximum absolute atomic E-state index is 14.6. The Bertz CT molecular complexity index is 720. The Hall–Kier alpha value is -1.64. The Labute approximate surface area is 158 Å². The molecule has 1 atom stereocenters. The third-order valence-corrected chi connectivity index (χ3v) is 4.45. The van der Waals surface area contributed by atoms with Gasteiger partial charge in [-0.05, 0) is 43.4 Å². The summed E-state index contributed by atoms with van der Waals surface area (Å²) in [6.07, 6.45) is 0.0439. The first kappa shape index (κ1) is 22.4. The van der Waals surface area contributed by atoms with Crippen LogP contribution in [0.5, 0.6) is 0 Å². The van der Waals surface area contributed by atoms with Gasteiger partial charge < -0.3 is 10.5 Å². The molecule has 0 unspecified atom stereocenters. The minimum absolute atomic E-state index is 0.239. The number of rotatable bonds is 4. The van der Waals surface area contributed by atoms with Crippen LogP contribution in [-0.4, -0.2) is 20.1 Å². The molecule has 0 saturated heterocycles. The quantitative estimate of drug-likeness (QED) is 0.474. The average Bonchev–Trinajstić information content (AvgIpc) is 2.42. The van der Waals surface area contributed by atoms with Crippen molar-refractivity contribution in [2.45, 2.75) is 72.3 Å². The fourth-order valence-electron chi connectivity index (χ4n) is 2.60. The van der Waals surface area contributed by atoms with Gasteiger partial charge in [-0.1, -0.05) is 52.4 Å². The van der Waals surface area contributed by atoms with Crippen molar-refractivity contribution < 1.29 is 13.9 Å². The van der Waals surface area contributed by atoms with Crippen LogP contribution in [0.25, 0.3) is 0 Å². The number of nitrogens with two attached hydrogens (primary N) is 1. The van der Waals surface area contributed by atoms with Crippen LogP contribution in [0.1, 0.15) is 52.2 Å². The summed E-state index contributed by atoms with van der Waals surface area (Å²) in [5.41, 5.74) is 8.73. The highest BCUT2D eigenvalue weighted by molar-refractivity contribution is 6.83. The van der Waals surface area contributed by atoms with Crippen molar-refractivity contribution in [1.82, 2.24) is 0 Å². The molecular formula is C21H32FNO2Si. The topological polar surface area (TPSA) is 52.3 Å². The Morgan fingerprint density at radius 2 is 1.85 bits per heavy atom. The predicted octanol–water partition coefficient (Wildman–Crippen LogP) is 4.60. The molecular weight excluding hydrogens is 345 g/mol. The molecule has 144 valence electrons. The highest BCUT2D eigenvalue weighted by Crippen LogP contribution is 2.35. The smallest absolute Gasteiger partial charge is 0.331 e. The largest absolute Gasteiger partial charge is 0.461 e. The molecule has 2 N–H and O–H groups in total. The van der Waals surface area contributed by atoms with Crippen molar-refractivity contribution in [3.63, 3.8) is 0 Å². The van der Waals surface area contributed by atoms with Gasteiger partial charge in [-0.25, -0.2) is 9.18 Å². The molecule has 0 aromatic heterocycles. The molecule has 0 aliphatic rings. The van der Waals surface area contributed by atoms with Gasteiger partial charge in [0.25, 0.3) is 0 Å². The lowest BCUT2D eigenvalue weighted by Gasteiger charge is -2.34. The van der Waals surface area contributed by atoms with Crippen LogP contribution >= 0.6 is 0 Å². The van der Waals surface area contributed by atoms with Crippen LogP contribution in [0.3, 0.4) is 0 Å². The minimum Gasteiger partial charge on any atom is -0.461 e. The van der Waals surface area contributed by atoms with Gasteiger partial charge in [0.1, 0.15) is 19.4 Å². The van der Waals surface area contributed by atoms with Gasteiger partial charge in [-0.2, -0.15) is 0 Å². The van der Waals surface area contributed by atoms with E-state index in [-0.39, 0.29) is 11.5 Å². The Morgan fingerprint density at radius 3 is 2.27 bits per heavy atom. The van der Waals surface area contributed by atoms with Gasteiger partial charge >= 0.3 is 5.97 Å². The molecule has 1 aromatic rings. The summed E-state index contributed by atoms with van der Waals surface area (Å²) in [6.45, 7) is 15.8.